The molecule has 1 aliphatic heterocycles. The van der Waals surface area contributed by atoms with E-state index in [0.29, 0.717) is 0 Å². The molecule has 1 aliphatic rings. The van der Waals surface area contributed by atoms with Crippen LogP contribution < -0.4 is 0 Å². The van der Waals surface area contributed by atoms with E-state index in [1.165, 1.54) is 0 Å². The van der Waals surface area contributed by atoms with E-state index in [4.69, 9.17) is 11.6 Å². The molecule has 0 saturated carbocycles. The second-order valence-electron chi connectivity index (χ2n) is 4.01. The quantitative estimate of drug-likeness (QED) is 0.900. The molecule has 88 valence electrons. The van der Waals surface area contributed by atoms with Crippen molar-refractivity contribution in [2.45, 2.75) is 23.2 Å². The maximum absolute atomic E-state index is 9.94. The minimum Gasteiger partial charge on any atom is -0.391 e. The van der Waals surface area contributed by atoms with E-state index in [9.17, 15) is 5.11 Å². The minimum atomic E-state index is -0.249. The fourth-order valence-corrected chi connectivity index (χ4v) is 3.37. The Bertz CT molecular complexity index is 361. The largest absolute Gasteiger partial charge is 0.391 e. The maximum Gasteiger partial charge on any atom is 0.0801 e. The molecule has 0 spiro atoms. The van der Waals surface area contributed by atoms with Crippen LogP contribution in [0.2, 0.25) is 5.02 Å². The van der Waals surface area contributed by atoms with Crippen molar-refractivity contribution in [1.82, 2.24) is 4.90 Å². The van der Waals surface area contributed by atoms with Crippen LogP contribution in [0.1, 0.15) is 6.92 Å². The third kappa shape index (κ3) is 2.72. The average Bonchev–Trinajstić information content (AvgIpc) is 2.63. The molecule has 1 N–H and O–H groups in total. The van der Waals surface area contributed by atoms with Gasteiger partial charge in [0.2, 0.25) is 0 Å². The second kappa shape index (κ2) is 5.41. The van der Waals surface area contributed by atoms with Gasteiger partial charge in [-0.15, -0.1) is 11.8 Å². The fourth-order valence-electron chi connectivity index (χ4n) is 1.91. The van der Waals surface area contributed by atoms with Gasteiger partial charge in [0.05, 0.1) is 11.1 Å². The van der Waals surface area contributed by atoms with Crippen LogP contribution in [0.25, 0.3) is 0 Å². The van der Waals surface area contributed by atoms with E-state index in [1.807, 2.05) is 24.3 Å². The number of nitrogens with zero attached hydrogens (tertiary/aromatic N) is 1. The van der Waals surface area contributed by atoms with Crippen molar-refractivity contribution in [2.75, 3.05) is 19.6 Å². The predicted octanol–water partition coefficient (Wildman–Crippen LogP) is 2.50. The SMILES string of the molecule is CCN1C[C@H](Sc2ccccc2Cl)[C@@H](O)C1. The normalized spacial score (nSPS) is 26.2. The van der Waals surface area contributed by atoms with Crippen molar-refractivity contribution >= 4 is 23.4 Å². The number of hydrogen-bond donors (Lipinski definition) is 1. The Hall–Kier alpha value is -0.220. The van der Waals surface area contributed by atoms with Gasteiger partial charge in [0.1, 0.15) is 0 Å². The monoisotopic (exact) mass is 257 g/mol. The summed E-state index contributed by atoms with van der Waals surface area (Å²) in [5, 5.41) is 10.9. The van der Waals surface area contributed by atoms with Gasteiger partial charge in [0.25, 0.3) is 0 Å². The van der Waals surface area contributed by atoms with Gasteiger partial charge in [0, 0.05) is 23.2 Å². The Kier molecular flexibility index (Phi) is 4.14. The van der Waals surface area contributed by atoms with Gasteiger partial charge < -0.3 is 5.11 Å². The first-order valence-electron chi connectivity index (χ1n) is 5.52. The number of hydrogen-bond acceptors (Lipinski definition) is 3. The first-order valence-corrected chi connectivity index (χ1v) is 6.78. The van der Waals surface area contributed by atoms with Crippen molar-refractivity contribution in [3.05, 3.63) is 29.3 Å². The highest BCUT2D eigenvalue weighted by Gasteiger charge is 2.31. The van der Waals surface area contributed by atoms with Crippen molar-refractivity contribution in [3.8, 4) is 0 Å². The number of thioether (sulfide) groups is 1. The smallest absolute Gasteiger partial charge is 0.0801 e. The predicted molar refractivity (Wildman–Crippen MR) is 69.2 cm³/mol. The van der Waals surface area contributed by atoms with Crippen LogP contribution in [-0.2, 0) is 0 Å². The summed E-state index contributed by atoms with van der Waals surface area (Å²) < 4.78 is 0. The van der Waals surface area contributed by atoms with Crippen LogP contribution in [0.5, 0.6) is 0 Å². The standard InChI is InChI=1S/C12H16ClNOS/c1-2-14-7-10(15)12(8-14)16-11-6-4-3-5-9(11)13/h3-6,10,12,15H,2,7-8H2,1H3/t10-,12-/m0/s1. The van der Waals surface area contributed by atoms with Gasteiger partial charge in [-0.05, 0) is 18.7 Å². The highest BCUT2D eigenvalue weighted by atomic mass is 35.5. The van der Waals surface area contributed by atoms with Crippen molar-refractivity contribution in [3.63, 3.8) is 0 Å². The van der Waals surface area contributed by atoms with Crippen LogP contribution in [-0.4, -0.2) is 41.0 Å². The zero-order chi connectivity index (χ0) is 11.5. The molecule has 0 radical (unpaired) electrons. The number of likely N-dealkylation sites (tertiary alicyclic amines) is 1. The number of likely N-dealkylation sites (N-methyl/N-ethyl adjacent to an activating group) is 1. The van der Waals surface area contributed by atoms with E-state index in [2.05, 4.69) is 11.8 Å². The summed E-state index contributed by atoms with van der Waals surface area (Å²) in [6.45, 7) is 4.83. The summed E-state index contributed by atoms with van der Waals surface area (Å²) in [6.07, 6.45) is -0.249. The van der Waals surface area contributed by atoms with Crippen LogP contribution in [0.15, 0.2) is 29.2 Å². The third-order valence-corrected chi connectivity index (χ3v) is 4.69. The molecule has 4 heteroatoms. The lowest BCUT2D eigenvalue weighted by Crippen LogP contribution is -2.21. The molecule has 0 bridgehead atoms. The molecule has 2 atom stereocenters. The molecular formula is C12H16ClNOS. The van der Waals surface area contributed by atoms with Gasteiger partial charge in [0.15, 0.2) is 0 Å². The summed E-state index contributed by atoms with van der Waals surface area (Å²) in [6, 6.07) is 7.81. The minimum absolute atomic E-state index is 0.236. The molecule has 1 aromatic carbocycles. The molecule has 1 aromatic rings. The fraction of sp³-hybridized carbons (Fsp3) is 0.500. The van der Waals surface area contributed by atoms with E-state index in [1.54, 1.807) is 11.8 Å². The molecule has 2 rings (SSSR count). The molecule has 0 unspecified atom stereocenters. The van der Waals surface area contributed by atoms with E-state index in [-0.39, 0.29) is 11.4 Å². The van der Waals surface area contributed by atoms with Crippen molar-refractivity contribution < 1.29 is 5.11 Å². The van der Waals surface area contributed by atoms with Gasteiger partial charge in [-0.1, -0.05) is 30.7 Å². The Morgan fingerprint density at radius 1 is 1.44 bits per heavy atom. The molecule has 0 aromatic heterocycles. The number of β-amino-alcohol motifs (C(OH)–C–C–N with tert-alkyl or cyclic N) is 1. The second-order valence-corrected chi connectivity index (χ2v) is 5.69. The van der Waals surface area contributed by atoms with Crippen molar-refractivity contribution in [2.24, 2.45) is 0 Å². The van der Waals surface area contributed by atoms with E-state index in [0.717, 1.165) is 29.6 Å². The Morgan fingerprint density at radius 2 is 2.19 bits per heavy atom. The highest BCUT2D eigenvalue weighted by molar-refractivity contribution is 8.00. The molecule has 2 nitrogen and oxygen atoms in total. The van der Waals surface area contributed by atoms with Crippen molar-refractivity contribution in [1.29, 1.82) is 0 Å². The van der Waals surface area contributed by atoms with Gasteiger partial charge in [-0.25, -0.2) is 0 Å². The third-order valence-electron chi connectivity index (χ3n) is 2.87. The van der Waals surface area contributed by atoms with Gasteiger partial charge in [-0.3, -0.25) is 4.90 Å². The molecule has 16 heavy (non-hydrogen) atoms. The lowest BCUT2D eigenvalue weighted by atomic mass is 10.3. The van der Waals surface area contributed by atoms with Gasteiger partial charge in [-0.2, -0.15) is 0 Å². The number of halogens is 1. The summed E-state index contributed by atoms with van der Waals surface area (Å²) in [5.41, 5.74) is 0. The average molecular weight is 258 g/mol. The Morgan fingerprint density at radius 3 is 2.81 bits per heavy atom. The zero-order valence-corrected chi connectivity index (χ0v) is 10.8. The first-order chi connectivity index (χ1) is 7.70. The Labute approximate surface area is 106 Å². The summed E-state index contributed by atoms with van der Waals surface area (Å²) in [5.74, 6) is 0. The number of benzene rings is 1. The Balaban J connectivity index is 2.03. The topological polar surface area (TPSA) is 23.5 Å². The van der Waals surface area contributed by atoms with Gasteiger partial charge >= 0.3 is 0 Å². The van der Waals surface area contributed by atoms with E-state index >= 15 is 0 Å². The highest BCUT2D eigenvalue weighted by Crippen LogP contribution is 2.34. The lowest BCUT2D eigenvalue weighted by molar-refractivity contribution is 0.181. The number of aliphatic hydroxyl groups is 1. The number of rotatable bonds is 3. The van der Waals surface area contributed by atoms with Crippen LogP contribution in [0.3, 0.4) is 0 Å². The van der Waals surface area contributed by atoms with E-state index < -0.39 is 0 Å². The summed E-state index contributed by atoms with van der Waals surface area (Å²) >= 11 is 7.79. The first kappa shape index (κ1) is 12.2. The number of aliphatic hydroxyl groups excluding tert-OH is 1. The summed E-state index contributed by atoms with van der Waals surface area (Å²) in [7, 11) is 0. The maximum atomic E-state index is 9.94. The van der Waals surface area contributed by atoms with Crippen LogP contribution in [0.4, 0.5) is 0 Å². The lowest BCUT2D eigenvalue weighted by Gasteiger charge is -2.14. The summed E-state index contributed by atoms with van der Waals surface area (Å²) in [4.78, 5) is 3.32. The zero-order valence-electron chi connectivity index (χ0n) is 9.27. The molecule has 1 fully saturated rings. The van der Waals surface area contributed by atoms with Crippen LogP contribution >= 0.6 is 23.4 Å². The molecule has 0 aliphatic carbocycles. The molecule has 0 amide bonds. The molecule has 1 heterocycles. The molecular weight excluding hydrogens is 242 g/mol. The van der Waals surface area contributed by atoms with Crippen LogP contribution in [0, 0.1) is 0 Å². The molecule has 1 saturated heterocycles.